The van der Waals surface area contributed by atoms with E-state index in [1.165, 1.54) is 36.9 Å². The van der Waals surface area contributed by atoms with E-state index >= 15 is 0 Å². The minimum atomic E-state index is 0.540. The summed E-state index contributed by atoms with van der Waals surface area (Å²) in [7, 11) is 0. The Bertz CT molecular complexity index is 497. The number of aryl methyl sites for hydroxylation is 1. The van der Waals surface area contributed by atoms with Gasteiger partial charge >= 0.3 is 0 Å². The van der Waals surface area contributed by atoms with Crippen molar-refractivity contribution in [1.82, 2.24) is 9.88 Å². The van der Waals surface area contributed by atoms with Crippen LogP contribution in [0.25, 0.3) is 0 Å². The molecule has 2 aliphatic rings. The van der Waals surface area contributed by atoms with E-state index in [1.807, 2.05) is 0 Å². The Morgan fingerprint density at radius 1 is 1.18 bits per heavy atom. The van der Waals surface area contributed by atoms with Crippen LogP contribution < -0.4 is 4.90 Å². The molecule has 1 aromatic rings. The van der Waals surface area contributed by atoms with Crippen LogP contribution in [-0.2, 0) is 4.74 Å². The molecule has 0 saturated carbocycles. The van der Waals surface area contributed by atoms with E-state index in [9.17, 15) is 0 Å². The summed E-state index contributed by atoms with van der Waals surface area (Å²) >= 11 is 0. The molecule has 0 N–H and O–H groups in total. The molecule has 3 heterocycles. The number of ether oxygens (including phenoxy) is 1. The third-order valence-electron chi connectivity index (χ3n) is 4.97. The number of hydrogen-bond acceptors (Lipinski definition) is 4. The maximum atomic E-state index is 5.44. The van der Waals surface area contributed by atoms with E-state index in [1.54, 1.807) is 0 Å². The van der Waals surface area contributed by atoms with Crippen LogP contribution in [0.4, 0.5) is 5.82 Å². The minimum absolute atomic E-state index is 0.540. The number of rotatable bonds is 3. The largest absolute Gasteiger partial charge is 0.378 e. The zero-order chi connectivity index (χ0) is 15.5. The summed E-state index contributed by atoms with van der Waals surface area (Å²) < 4.78 is 5.44. The number of nitrogens with zero attached hydrogens (tertiary/aromatic N) is 3. The van der Waals surface area contributed by atoms with Crippen LogP contribution in [-0.4, -0.2) is 48.8 Å². The lowest BCUT2D eigenvalue weighted by Gasteiger charge is -2.39. The van der Waals surface area contributed by atoms with Crippen molar-refractivity contribution >= 4 is 5.82 Å². The molecule has 0 spiro atoms. The monoisotopic (exact) mass is 303 g/mol. The third kappa shape index (κ3) is 3.28. The lowest BCUT2D eigenvalue weighted by molar-refractivity contribution is 0.111. The molecule has 0 amide bonds. The van der Waals surface area contributed by atoms with Gasteiger partial charge in [-0.15, -0.1) is 0 Å². The van der Waals surface area contributed by atoms with Crippen molar-refractivity contribution in [3.63, 3.8) is 0 Å². The van der Waals surface area contributed by atoms with E-state index in [4.69, 9.17) is 9.72 Å². The van der Waals surface area contributed by atoms with Gasteiger partial charge < -0.3 is 9.64 Å². The molecule has 1 aromatic heterocycles. The summed E-state index contributed by atoms with van der Waals surface area (Å²) in [5, 5.41) is 0. The Morgan fingerprint density at radius 3 is 2.64 bits per heavy atom. The van der Waals surface area contributed by atoms with Crippen LogP contribution in [0, 0.1) is 6.92 Å². The second-order valence-corrected chi connectivity index (χ2v) is 6.85. The molecular weight excluding hydrogens is 274 g/mol. The fourth-order valence-electron chi connectivity index (χ4n) is 3.81. The number of hydrogen-bond donors (Lipinski definition) is 0. The van der Waals surface area contributed by atoms with Crippen molar-refractivity contribution in [1.29, 1.82) is 0 Å². The second kappa shape index (κ2) is 6.97. The van der Waals surface area contributed by atoms with Crippen molar-refractivity contribution in [2.24, 2.45) is 0 Å². The standard InChI is InChI=1S/C18H29N3O/c1-14(2)21-7-5-4-6-17(21)16-12-15(3)18(19-13-16)20-8-10-22-11-9-20/h12-14,17H,4-11H2,1-3H3. The minimum Gasteiger partial charge on any atom is -0.378 e. The molecule has 3 rings (SSSR count). The van der Waals surface area contributed by atoms with Gasteiger partial charge in [0.05, 0.1) is 13.2 Å². The van der Waals surface area contributed by atoms with Crippen molar-refractivity contribution in [2.45, 2.75) is 52.1 Å². The average molecular weight is 303 g/mol. The Labute approximate surface area is 134 Å². The summed E-state index contributed by atoms with van der Waals surface area (Å²) in [6.07, 6.45) is 6.03. The zero-order valence-electron chi connectivity index (χ0n) is 14.2. The zero-order valence-corrected chi connectivity index (χ0v) is 14.2. The number of likely N-dealkylation sites (tertiary alicyclic amines) is 1. The van der Waals surface area contributed by atoms with Gasteiger partial charge in [0.15, 0.2) is 0 Å². The van der Waals surface area contributed by atoms with Gasteiger partial charge in [0.25, 0.3) is 0 Å². The van der Waals surface area contributed by atoms with E-state index < -0.39 is 0 Å². The summed E-state index contributed by atoms with van der Waals surface area (Å²) in [6.45, 7) is 11.6. The number of morpholine rings is 1. The van der Waals surface area contributed by atoms with Crippen LogP contribution in [0.5, 0.6) is 0 Å². The van der Waals surface area contributed by atoms with E-state index in [0.717, 1.165) is 32.1 Å². The SMILES string of the molecule is Cc1cc(C2CCCCN2C(C)C)cnc1N1CCOCC1. The average Bonchev–Trinajstić information content (AvgIpc) is 2.55. The first-order valence-electron chi connectivity index (χ1n) is 8.72. The molecule has 2 fully saturated rings. The highest BCUT2D eigenvalue weighted by Crippen LogP contribution is 2.33. The molecule has 1 unspecified atom stereocenters. The molecule has 0 bridgehead atoms. The highest BCUT2D eigenvalue weighted by molar-refractivity contribution is 5.48. The van der Waals surface area contributed by atoms with Gasteiger partial charge in [0.1, 0.15) is 5.82 Å². The summed E-state index contributed by atoms with van der Waals surface area (Å²) in [6, 6.07) is 3.51. The van der Waals surface area contributed by atoms with Crippen LogP contribution in [0.2, 0.25) is 0 Å². The van der Waals surface area contributed by atoms with Crippen molar-refractivity contribution < 1.29 is 4.74 Å². The predicted octanol–water partition coefficient (Wildman–Crippen LogP) is 3.16. The summed E-state index contributed by atoms with van der Waals surface area (Å²) in [4.78, 5) is 9.80. The van der Waals surface area contributed by atoms with Gasteiger partial charge in [-0.1, -0.05) is 6.42 Å². The number of piperidine rings is 1. The quantitative estimate of drug-likeness (QED) is 0.857. The normalized spacial score (nSPS) is 24.0. The summed E-state index contributed by atoms with van der Waals surface area (Å²) in [5.74, 6) is 1.14. The maximum absolute atomic E-state index is 5.44. The van der Waals surface area contributed by atoms with Gasteiger partial charge in [-0.25, -0.2) is 4.98 Å². The van der Waals surface area contributed by atoms with Crippen molar-refractivity contribution in [3.05, 3.63) is 23.4 Å². The van der Waals surface area contributed by atoms with Gasteiger partial charge in [-0.2, -0.15) is 0 Å². The van der Waals surface area contributed by atoms with Gasteiger partial charge in [-0.3, -0.25) is 4.90 Å². The third-order valence-corrected chi connectivity index (χ3v) is 4.97. The molecule has 2 aliphatic heterocycles. The fraction of sp³-hybridized carbons (Fsp3) is 0.722. The molecule has 4 heteroatoms. The van der Waals surface area contributed by atoms with Crippen molar-refractivity contribution in [3.8, 4) is 0 Å². The Morgan fingerprint density at radius 2 is 1.95 bits per heavy atom. The van der Waals surface area contributed by atoms with Crippen LogP contribution in [0.1, 0.15) is 50.3 Å². The highest BCUT2D eigenvalue weighted by Gasteiger charge is 2.26. The summed E-state index contributed by atoms with van der Waals surface area (Å²) in [5.41, 5.74) is 2.69. The fourth-order valence-corrected chi connectivity index (χ4v) is 3.81. The Kier molecular flexibility index (Phi) is 4.99. The predicted molar refractivity (Wildman–Crippen MR) is 90.4 cm³/mol. The smallest absolute Gasteiger partial charge is 0.131 e. The Balaban J connectivity index is 1.81. The van der Waals surface area contributed by atoms with E-state index in [2.05, 4.69) is 42.8 Å². The van der Waals surface area contributed by atoms with Crippen LogP contribution >= 0.6 is 0 Å². The van der Waals surface area contributed by atoms with E-state index in [0.29, 0.717) is 12.1 Å². The molecule has 1 atom stereocenters. The van der Waals surface area contributed by atoms with Crippen LogP contribution in [0.3, 0.4) is 0 Å². The first-order valence-corrected chi connectivity index (χ1v) is 8.72. The van der Waals surface area contributed by atoms with Gasteiger partial charge in [0.2, 0.25) is 0 Å². The maximum Gasteiger partial charge on any atom is 0.131 e. The molecular formula is C18H29N3O. The molecule has 4 nitrogen and oxygen atoms in total. The van der Waals surface area contributed by atoms with Crippen LogP contribution in [0.15, 0.2) is 12.3 Å². The molecule has 0 aliphatic carbocycles. The number of aromatic nitrogens is 1. The molecule has 122 valence electrons. The topological polar surface area (TPSA) is 28.6 Å². The Hall–Kier alpha value is -1.13. The molecule has 2 saturated heterocycles. The highest BCUT2D eigenvalue weighted by atomic mass is 16.5. The van der Waals surface area contributed by atoms with Gasteiger partial charge in [-0.05, 0) is 57.4 Å². The number of anilines is 1. The second-order valence-electron chi connectivity index (χ2n) is 6.85. The first-order chi connectivity index (χ1) is 10.7. The van der Waals surface area contributed by atoms with E-state index in [-0.39, 0.29) is 0 Å². The lowest BCUT2D eigenvalue weighted by Crippen LogP contribution is -2.39. The first kappa shape index (κ1) is 15.8. The molecule has 0 radical (unpaired) electrons. The number of pyridine rings is 1. The lowest BCUT2D eigenvalue weighted by atomic mass is 9.94. The molecule has 22 heavy (non-hydrogen) atoms. The van der Waals surface area contributed by atoms with Gasteiger partial charge in [0, 0.05) is 31.4 Å². The molecule has 0 aromatic carbocycles. The van der Waals surface area contributed by atoms with Crippen molar-refractivity contribution in [2.75, 3.05) is 37.7 Å².